The molecule has 2 heteroatoms. The molecule has 2 nitrogen and oxygen atoms in total. The van der Waals surface area contributed by atoms with Crippen molar-refractivity contribution in [2.75, 3.05) is 19.7 Å². The zero-order valence-corrected chi connectivity index (χ0v) is 10.9. The maximum atomic E-state index is 5.97. The van der Waals surface area contributed by atoms with Crippen LogP contribution in [-0.4, -0.2) is 25.8 Å². The Balaban J connectivity index is 1.74. The van der Waals surface area contributed by atoms with E-state index in [2.05, 4.69) is 19.2 Å². The van der Waals surface area contributed by atoms with E-state index in [0.29, 0.717) is 6.10 Å². The summed E-state index contributed by atoms with van der Waals surface area (Å²) < 4.78 is 5.97. The van der Waals surface area contributed by atoms with Crippen LogP contribution in [0.1, 0.15) is 46.0 Å². The first-order valence-corrected chi connectivity index (χ1v) is 7.09. The maximum Gasteiger partial charge on any atom is 0.0644 e. The molecule has 2 aliphatic rings. The third-order valence-corrected chi connectivity index (χ3v) is 4.09. The van der Waals surface area contributed by atoms with E-state index < -0.39 is 0 Å². The molecule has 0 spiro atoms. The van der Waals surface area contributed by atoms with Crippen molar-refractivity contribution < 1.29 is 4.74 Å². The number of nitrogens with one attached hydrogen (secondary N) is 1. The minimum Gasteiger partial charge on any atom is -0.378 e. The number of rotatable bonds is 5. The van der Waals surface area contributed by atoms with E-state index >= 15 is 0 Å². The zero-order chi connectivity index (χ0) is 11.4. The van der Waals surface area contributed by atoms with Gasteiger partial charge in [0.05, 0.1) is 6.10 Å². The Hall–Kier alpha value is -0.0800. The first-order chi connectivity index (χ1) is 7.77. The molecule has 94 valence electrons. The first kappa shape index (κ1) is 12.4. The molecule has 0 aromatic rings. The van der Waals surface area contributed by atoms with Crippen LogP contribution in [0.15, 0.2) is 0 Å². The quantitative estimate of drug-likeness (QED) is 0.777. The van der Waals surface area contributed by atoms with E-state index in [1.54, 1.807) is 0 Å². The highest BCUT2D eigenvalue weighted by Crippen LogP contribution is 2.36. The van der Waals surface area contributed by atoms with Crippen LogP contribution >= 0.6 is 0 Å². The standard InChI is InChI=1S/C14H27NO/c1-11(2)9-15-10-13-7-8-16-14(13)12-5-3-4-6-12/h11-15H,3-10H2,1-2H3. The van der Waals surface area contributed by atoms with Gasteiger partial charge in [-0.2, -0.15) is 0 Å². The molecule has 0 aromatic carbocycles. The smallest absolute Gasteiger partial charge is 0.0644 e. The third kappa shape index (κ3) is 3.21. The van der Waals surface area contributed by atoms with Gasteiger partial charge < -0.3 is 10.1 Å². The molecule has 2 fully saturated rings. The van der Waals surface area contributed by atoms with Crippen LogP contribution < -0.4 is 5.32 Å². The fourth-order valence-electron chi connectivity index (χ4n) is 3.24. The van der Waals surface area contributed by atoms with Crippen molar-refractivity contribution in [1.82, 2.24) is 5.32 Å². The topological polar surface area (TPSA) is 21.3 Å². The summed E-state index contributed by atoms with van der Waals surface area (Å²) in [5.74, 6) is 2.41. The molecule has 1 saturated carbocycles. The summed E-state index contributed by atoms with van der Waals surface area (Å²) in [7, 11) is 0. The lowest BCUT2D eigenvalue weighted by Crippen LogP contribution is -2.34. The normalized spacial score (nSPS) is 31.7. The van der Waals surface area contributed by atoms with E-state index in [0.717, 1.165) is 30.9 Å². The summed E-state index contributed by atoms with van der Waals surface area (Å²) in [5.41, 5.74) is 0. The third-order valence-electron chi connectivity index (χ3n) is 4.09. The van der Waals surface area contributed by atoms with Crippen LogP contribution in [0.3, 0.4) is 0 Å². The lowest BCUT2D eigenvalue weighted by Gasteiger charge is -2.24. The molecular weight excluding hydrogens is 198 g/mol. The summed E-state index contributed by atoms with van der Waals surface area (Å²) in [4.78, 5) is 0. The van der Waals surface area contributed by atoms with Crippen LogP contribution in [0.5, 0.6) is 0 Å². The second kappa shape index (κ2) is 6.02. The largest absolute Gasteiger partial charge is 0.378 e. The molecule has 1 aliphatic heterocycles. The van der Waals surface area contributed by atoms with Gasteiger partial charge >= 0.3 is 0 Å². The van der Waals surface area contributed by atoms with Gasteiger partial charge in [-0.05, 0) is 37.6 Å². The van der Waals surface area contributed by atoms with Crippen molar-refractivity contribution in [3.63, 3.8) is 0 Å². The Labute approximate surface area is 100 Å². The Kier molecular flexibility index (Phi) is 4.66. The van der Waals surface area contributed by atoms with Gasteiger partial charge in [-0.1, -0.05) is 26.7 Å². The first-order valence-electron chi connectivity index (χ1n) is 7.09. The molecule has 16 heavy (non-hydrogen) atoms. The van der Waals surface area contributed by atoms with Crippen molar-refractivity contribution >= 4 is 0 Å². The summed E-state index contributed by atoms with van der Waals surface area (Å²) in [5, 5.41) is 3.60. The summed E-state index contributed by atoms with van der Waals surface area (Å²) in [6.45, 7) is 7.85. The number of hydrogen-bond acceptors (Lipinski definition) is 2. The van der Waals surface area contributed by atoms with Crippen LogP contribution in [0, 0.1) is 17.8 Å². The Morgan fingerprint density at radius 2 is 1.94 bits per heavy atom. The van der Waals surface area contributed by atoms with Crippen molar-refractivity contribution in [2.45, 2.75) is 52.1 Å². The highest BCUT2D eigenvalue weighted by atomic mass is 16.5. The average molecular weight is 225 g/mol. The van der Waals surface area contributed by atoms with Crippen molar-refractivity contribution in [3.05, 3.63) is 0 Å². The van der Waals surface area contributed by atoms with E-state index in [4.69, 9.17) is 4.74 Å². The predicted octanol–water partition coefficient (Wildman–Crippen LogP) is 2.83. The molecule has 0 amide bonds. The summed E-state index contributed by atoms with van der Waals surface area (Å²) >= 11 is 0. The van der Waals surface area contributed by atoms with Gasteiger partial charge in [-0.25, -0.2) is 0 Å². The van der Waals surface area contributed by atoms with Crippen molar-refractivity contribution in [2.24, 2.45) is 17.8 Å². The molecule has 2 rings (SSSR count). The van der Waals surface area contributed by atoms with Gasteiger partial charge in [-0.15, -0.1) is 0 Å². The van der Waals surface area contributed by atoms with Crippen LogP contribution in [0.4, 0.5) is 0 Å². The van der Waals surface area contributed by atoms with E-state index in [1.807, 2.05) is 0 Å². The monoisotopic (exact) mass is 225 g/mol. The lowest BCUT2D eigenvalue weighted by atomic mass is 9.89. The Bertz CT molecular complexity index is 199. The SMILES string of the molecule is CC(C)CNCC1CCOC1C1CCCC1. The number of hydrogen-bond donors (Lipinski definition) is 1. The molecular formula is C14H27NO. The van der Waals surface area contributed by atoms with Gasteiger partial charge in [0, 0.05) is 19.1 Å². The number of ether oxygens (including phenoxy) is 1. The summed E-state index contributed by atoms with van der Waals surface area (Å²) in [6, 6.07) is 0. The molecule has 0 bridgehead atoms. The van der Waals surface area contributed by atoms with Crippen LogP contribution in [0.2, 0.25) is 0 Å². The molecule has 1 aliphatic carbocycles. The van der Waals surface area contributed by atoms with Gasteiger partial charge in [0.25, 0.3) is 0 Å². The molecule has 1 heterocycles. The molecule has 0 radical (unpaired) electrons. The lowest BCUT2D eigenvalue weighted by molar-refractivity contribution is 0.0436. The Morgan fingerprint density at radius 3 is 2.62 bits per heavy atom. The molecule has 2 unspecified atom stereocenters. The second-order valence-electron chi connectivity index (χ2n) is 5.98. The average Bonchev–Trinajstić information content (AvgIpc) is 2.84. The van der Waals surface area contributed by atoms with Gasteiger partial charge in [0.15, 0.2) is 0 Å². The zero-order valence-electron chi connectivity index (χ0n) is 10.9. The van der Waals surface area contributed by atoms with Gasteiger partial charge in [-0.3, -0.25) is 0 Å². The maximum absolute atomic E-state index is 5.97. The van der Waals surface area contributed by atoms with Crippen molar-refractivity contribution in [3.8, 4) is 0 Å². The van der Waals surface area contributed by atoms with E-state index in [-0.39, 0.29) is 0 Å². The van der Waals surface area contributed by atoms with Crippen molar-refractivity contribution in [1.29, 1.82) is 0 Å². The molecule has 2 atom stereocenters. The second-order valence-corrected chi connectivity index (χ2v) is 5.98. The molecule has 1 N–H and O–H groups in total. The van der Waals surface area contributed by atoms with Gasteiger partial charge in [0.1, 0.15) is 0 Å². The van der Waals surface area contributed by atoms with Crippen LogP contribution in [0.25, 0.3) is 0 Å². The predicted molar refractivity (Wildman–Crippen MR) is 67.5 cm³/mol. The fourth-order valence-corrected chi connectivity index (χ4v) is 3.24. The van der Waals surface area contributed by atoms with E-state index in [9.17, 15) is 0 Å². The molecule has 1 saturated heterocycles. The van der Waals surface area contributed by atoms with Gasteiger partial charge in [0.2, 0.25) is 0 Å². The molecule has 0 aromatic heterocycles. The minimum atomic E-state index is 0.571. The highest BCUT2D eigenvalue weighted by Gasteiger charge is 2.35. The van der Waals surface area contributed by atoms with E-state index in [1.165, 1.54) is 38.6 Å². The van der Waals surface area contributed by atoms with Crippen LogP contribution in [-0.2, 0) is 4.74 Å². The minimum absolute atomic E-state index is 0.571. The fraction of sp³-hybridized carbons (Fsp3) is 1.00. The highest BCUT2D eigenvalue weighted by molar-refractivity contribution is 4.86. The summed E-state index contributed by atoms with van der Waals surface area (Å²) in [6.07, 6.45) is 7.51. The Morgan fingerprint density at radius 1 is 1.19 bits per heavy atom.